The number of para-hydroxylation sites is 8. The molecule has 10 heteroatoms. The van der Waals surface area contributed by atoms with E-state index in [2.05, 4.69) is 182 Å². The van der Waals surface area contributed by atoms with E-state index in [0.717, 1.165) is 82.4 Å². The smallest absolute Gasteiger partial charge is 0.269 e. The fourth-order valence-corrected chi connectivity index (χ4v) is 13.3. The molecule has 0 atom stereocenters. The number of fused-ring (bicyclic) bond motifs is 10. The highest BCUT2D eigenvalue weighted by atomic mass is 15.4. The summed E-state index contributed by atoms with van der Waals surface area (Å²) in [4.78, 5) is 24.3. The van der Waals surface area contributed by atoms with Gasteiger partial charge in [0.1, 0.15) is 5.82 Å². The molecule has 0 aliphatic heterocycles. The number of hydrogen-bond donors (Lipinski definition) is 0. The number of benzene rings is 11. The minimum atomic E-state index is -0.588. The van der Waals surface area contributed by atoms with Crippen LogP contribution in [-0.2, 0) is 10.8 Å². The van der Waals surface area contributed by atoms with Crippen LogP contribution >= 0.6 is 0 Å². The molecule has 0 N–H and O–H groups in total. The first-order chi connectivity index (χ1) is 49.5. The second-order valence-electron chi connectivity index (χ2n) is 25.5. The third-order valence-electron chi connectivity index (χ3n) is 17.8. The molecule has 0 spiro atoms. The number of aromatic nitrogens is 9. The zero-order chi connectivity index (χ0) is 71.4. The Hall–Kier alpha value is -11.8. The van der Waals surface area contributed by atoms with Crippen molar-refractivity contribution < 1.29 is 18.3 Å². The van der Waals surface area contributed by atoms with E-state index in [0.29, 0.717) is 40.0 Å². The van der Waals surface area contributed by atoms with Crippen molar-refractivity contribution in [3.05, 3.63) is 296 Å². The molecule has 6 aromatic heterocycles. The number of anilines is 3. The molecule has 0 aliphatic carbocycles. The van der Waals surface area contributed by atoms with E-state index in [1.54, 1.807) is 22.8 Å². The highest BCUT2D eigenvalue weighted by Crippen LogP contribution is 2.44. The van der Waals surface area contributed by atoms with Crippen LogP contribution in [0.25, 0.3) is 128 Å². The third-order valence-corrected chi connectivity index (χ3v) is 17.8. The Bertz CT molecular complexity index is 6070. The van der Waals surface area contributed by atoms with Crippen LogP contribution in [0.5, 0.6) is 0 Å². The Morgan fingerprint density at radius 1 is 0.409 bits per heavy atom. The SMILES string of the molecule is [2H]c1c([2H])c([2H])c(-c2cccc(-c3c([2H])c([2H])c([2H])c([2H])c3[2H])c2-[n+]2[c-]n(-c3cc(N(c4ccc5c6ccccc6n(-c6cc(C(C)(C)C)ccn6)c5c4)c4nc(-n5c6ccccc6c6ccccc65)nc(-n5c6ccccc6c6ccccc65)n4)cc(C(C)(C)C)c3)c3ccccc32)c([2H])c1[2H]. The minimum Gasteiger partial charge on any atom is -0.294 e. The fraction of sp³-hybridized carbons (Fsp3) is 0.0964. The number of nitrogens with zero attached hydrogens (tertiary/aromatic N) is 10. The van der Waals surface area contributed by atoms with Crippen LogP contribution in [0.15, 0.2) is 279 Å². The molecular weight excluding hydrogens is 1140 g/mol. The van der Waals surface area contributed by atoms with Crippen molar-refractivity contribution in [3.8, 4) is 51.3 Å². The molecule has 0 radical (unpaired) electrons. The summed E-state index contributed by atoms with van der Waals surface area (Å²) in [6, 6.07) is 65.4. The molecule has 6 heterocycles. The fourth-order valence-electron chi connectivity index (χ4n) is 13.3. The molecule has 0 amide bonds. The Morgan fingerprint density at radius 2 is 0.882 bits per heavy atom. The lowest BCUT2D eigenvalue weighted by molar-refractivity contribution is -0.571. The molecule has 0 saturated heterocycles. The highest BCUT2D eigenvalue weighted by molar-refractivity contribution is 6.12. The molecule has 0 aliphatic rings. The van der Waals surface area contributed by atoms with Gasteiger partial charge in [0.25, 0.3) is 6.33 Å². The minimum absolute atomic E-state index is 0.127. The topological polar surface area (TPSA) is 78.4 Å². The van der Waals surface area contributed by atoms with E-state index in [1.807, 2.05) is 89.6 Å². The van der Waals surface area contributed by atoms with Gasteiger partial charge in [-0.25, -0.2) is 4.98 Å². The van der Waals surface area contributed by atoms with Crippen LogP contribution < -0.4 is 9.47 Å². The largest absolute Gasteiger partial charge is 0.294 e. The van der Waals surface area contributed by atoms with Crippen molar-refractivity contribution in [1.82, 2.24) is 38.2 Å². The molecule has 0 bridgehead atoms. The van der Waals surface area contributed by atoms with Gasteiger partial charge in [0.2, 0.25) is 17.8 Å². The zero-order valence-electron chi connectivity index (χ0n) is 61.8. The molecule has 93 heavy (non-hydrogen) atoms. The highest BCUT2D eigenvalue weighted by Gasteiger charge is 2.29. The average Bonchev–Trinajstić information content (AvgIpc) is 1.67. The molecule has 446 valence electrons. The van der Waals surface area contributed by atoms with Crippen molar-refractivity contribution in [3.63, 3.8) is 0 Å². The molecule has 17 rings (SSSR count). The van der Waals surface area contributed by atoms with E-state index < -0.39 is 65.8 Å². The number of rotatable bonds is 10. The van der Waals surface area contributed by atoms with E-state index in [1.165, 1.54) is 0 Å². The summed E-state index contributed by atoms with van der Waals surface area (Å²) in [5.74, 6) is 1.72. The van der Waals surface area contributed by atoms with Gasteiger partial charge < -0.3 is 0 Å². The zero-order valence-corrected chi connectivity index (χ0v) is 51.8. The van der Waals surface area contributed by atoms with Gasteiger partial charge in [0, 0.05) is 44.2 Å². The lowest BCUT2D eigenvalue weighted by Gasteiger charge is -2.28. The van der Waals surface area contributed by atoms with E-state index in [4.69, 9.17) is 28.2 Å². The van der Waals surface area contributed by atoms with Crippen LogP contribution in [0, 0.1) is 6.33 Å². The summed E-state index contributed by atoms with van der Waals surface area (Å²) in [5.41, 5.74) is 9.75. The van der Waals surface area contributed by atoms with Crippen LogP contribution in [0.4, 0.5) is 17.3 Å². The first-order valence-electron chi connectivity index (χ1n) is 36.0. The molecule has 0 saturated carbocycles. The normalized spacial score (nSPS) is 13.7. The average molecular weight is 1210 g/mol. The van der Waals surface area contributed by atoms with Gasteiger partial charge in [-0.2, -0.15) is 15.0 Å². The van der Waals surface area contributed by atoms with Crippen molar-refractivity contribution in [2.24, 2.45) is 0 Å². The van der Waals surface area contributed by atoms with Gasteiger partial charge >= 0.3 is 0 Å². The quantitative estimate of drug-likeness (QED) is 0.101. The lowest BCUT2D eigenvalue weighted by Crippen LogP contribution is -2.31. The van der Waals surface area contributed by atoms with Gasteiger partial charge in [0.05, 0.1) is 74.9 Å². The van der Waals surface area contributed by atoms with Gasteiger partial charge in [-0.1, -0.05) is 241 Å². The second kappa shape index (κ2) is 21.5. The first-order valence-corrected chi connectivity index (χ1v) is 31.0. The summed E-state index contributed by atoms with van der Waals surface area (Å²) >= 11 is 0. The van der Waals surface area contributed by atoms with E-state index in [-0.39, 0.29) is 39.3 Å². The van der Waals surface area contributed by atoms with E-state index >= 15 is 0 Å². The van der Waals surface area contributed by atoms with Gasteiger partial charge in [-0.05, 0) is 117 Å². The van der Waals surface area contributed by atoms with Crippen LogP contribution in [0.1, 0.15) is 66.4 Å². The molecule has 17 aromatic rings. The van der Waals surface area contributed by atoms with Crippen molar-refractivity contribution >= 4 is 93.8 Å². The van der Waals surface area contributed by atoms with Crippen LogP contribution in [-0.4, -0.2) is 38.2 Å². The van der Waals surface area contributed by atoms with Crippen LogP contribution in [0.2, 0.25) is 0 Å². The predicted octanol–water partition coefficient (Wildman–Crippen LogP) is 20.0. The maximum atomic E-state index is 9.41. The van der Waals surface area contributed by atoms with E-state index in [9.17, 15) is 5.48 Å². The molecule has 0 fully saturated rings. The summed E-state index contributed by atoms with van der Waals surface area (Å²) < 4.78 is 101. The maximum absolute atomic E-state index is 9.41. The summed E-state index contributed by atoms with van der Waals surface area (Å²) in [7, 11) is 0. The Labute approximate surface area is 552 Å². The molecular formula is C83H64N10. The summed E-state index contributed by atoms with van der Waals surface area (Å²) in [5, 5.41) is 6.09. The van der Waals surface area contributed by atoms with Gasteiger partial charge in [-0.15, -0.1) is 0 Å². The third kappa shape index (κ3) is 9.19. The number of pyridine rings is 1. The number of imidazole rings is 1. The van der Waals surface area contributed by atoms with Crippen molar-refractivity contribution in [2.45, 2.75) is 52.4 Å². The maximum Gasteiger partial charge on any atom is 0.269 e. The Balaban J connectivity index is 0.994. The standard InChI is InChI=1S/C83H64N10/c1-82(2,3)56-46-47-84-77(50-56)91-69-37-18-13-34-67(69)68-45-44-58(52-76(68)91)90(79-85-80(92-70-38-19-14-30-63(70)64-31-15-20-39-71(64)92)87-81(86-79)93-72-40-21-16-32-65(72)66-33-17-22-41-73(66)93)60-49-57(83(4,5)6)48-59(51-60)88-53-89(75-43-24-23-42-74(75)88)78-61(54-26-9-7-10-27-54)35-25-36-62(78)55-28-11-8-12-29-55/h7-52H,1-6H3/i7D,8D,9D,10D,11D,12D,26D,27D,28D,29D. The number of hydrogen-bond acceptors (Lipinski definition) is 5. The predicted molar refractivity (Wildman–Crippen MR) is 381 cm³/mol. The molecule has 11 aromatic carbocycles. The monoisotopic (exact) mass is 1210 g/mol. The second-order valence-corrected chi connectivity index (χ2v) is 25.5. The lowest BCUT2D eigenvalue weighted by atomic mass is 9.86. The first kappa shape index (κ1) is 45.5. The van der Waals surface area contributed by atoms with Crippen LogP contribution in [0.3, 0.4) is 0 Å². The van der Waals surface area contributed by atoms with Crippen molar-refractivity contribution in [2.75, 3.05) is 4.90 Å². The Morgan fingerprint density at radius 3 is 1.40 bits per heavy atom. The van der Waals surface area contributed by atoms with Gasteiger partial charge in [0.15, 0.2) is 0 Å². The summed E-state index contributed by atoms with van der Waals surface area (Å²) in [6.45, 7) is 13.0. The summed E-state index contributed by atoms with van der Waals surface area (Å²) in [6.07, 6.45) is 5.55. The Kier molecular flexibility index (Phi) is 10.5. The molecule has 10 nitrogen and oxygen atoms in total. The van der Waals surface area contributed by atoms with Crippen molar-refractivity contribution in [1.29, 1.82) is 0 Å². The molecule has 0 unspecified atom stereocenters. The van der Waals surface area contributed by atoms with Gasteiger partial charge in [-0.3, -0.25) is 27.7 Å².